The Morgan fingerprint density at radius 2 is 1.50 bits per heavy atom. The van der Waals surface area contributed by atoms with Gasteiger partial charge < -0.3 is 19.5 Å². The molecule has 1 aliphatic heterocycles. The highest BCUT2D eigenvalue weighted by atomic mass is 16.6. The van der Waals surface area contributed by atoms with Crippen LogP contribution in [0, 0.1) is 5.41 Å². The van der Waals surface area contributed by atoms with E-state index in [1.165, 1.54) is 0 Å². The Labute approximate surface area is 235 Å². The molecule has 0 radical (unpaired) electrons. The molecule has 6 heteroatoms. The highest BCUT2D eigenvalue weighted by molar-refractivity contribution is 6.04. The minimum Gasteiger partial charge on any atom is -0.490 e. The molecule has 0 bridgehead atoms. The number of rotatable bonds is 9. The Hall–Kier alpha value is -4.32. The maximum atomic E-state index is 13.5. The van der Waals surface area contributed by atoms with Crippen LogP contribution in [-0.2, 0) is 20.9 Å². The topological polar surface area (TPSA) is 73.9 Å². The predicted octanol–water partition coefficient (Wildman–Crippen LogP) is 6.49. The molecule has 0 saturated carbocycles. The van der Waals surface area contributed by atoms with Crippen LogP contribution in [0.3, 0.4) is 0 Å². The summed E-state index contributed by atoms with van der Waals surface area (Å²) in [4.78, 5) is 27.0. The van der Waals surface area contributed by atoms with Crippen molar-refractivity contribution in [3.63, 3.8) is 0 Å². The van der Waals surface area contributed by atoms with Crippen LogP contribution in [0.1, 0.15) is 50.7 Å². The van der Waals surface area contributed by atoms with E-state index in [0.717, 1.165) is 29.0 Å². The summed E-state index contributed by atoms with van der Waals surface area (Å²) >= 11 is 0. The van der Waals surface area contributed by atoms with E-state index >= 15 is 0 Å². The summed E-state index contributed by atoms with van der Waals surface area (Å²) in [7, 11) is 0. The minimum absolute atomic E-state index is 0.0540. The lowest BCUT2D eigenvalue weighted by Crippen LogP contribution is -2.38. The van der Waals surface area contributed by atoms with Gasteiger partial charge in [-0.1, -0.05) is 74.5 Å². The van der Waals surface area contributed by atoms with Crippen LogP contribution in [-0.4, -0.2) is 25.0 Å². The summed E-state index contributed by atoms with van der Waals surface area (Å²) < 4.78 is 17.3. The van der Waals surface area contributed by atoms with E-state index in [1.807, 2.05) is 91.9 Å². The molecule has 0 saturated heterocycles. The van der Waals surface area contributed by atoms with Crippen LogP contribution in [0.15, 0.2) is 107 Å². The second-order valence-corrected chi connectivity index (χ2v) is 11.1. The molecule has 1 atom stereocenters. The molecule has 2 aliphatic rings. The van der Waals surface area contributed by atoms with Gasteiger partial charge in [0.1, 0.15) is 31.3 Å². The molecule has 0 unspecified atom stereocenters. The van der Waals surface area contributed by atoms with Gasteiger partial charge in [-0.25, -0.2) is 4.79 Å². The maximum Gasteiger partial charge on any atom is 0.336 e. The van der Waals surface area contributed by atoms with E-state index in [9.17, 15) is 9.59 Å². The van der Waals surface area contributed by atoms with E-state index in [-0.39, 0.29) is 24.4 Å². The summed E-state index contributed by atoms with van der Waals surface area (Å²) in [6.45, 7) is 6.85. The van der Waals surface area contributed by atoms with Crippen molar-refractivity contribution >= 4 is 11.8 Å². The molecule has 0 amide bonds. The van der Waals surface area contributed by atoms with Gasteiger partial charge in [0, 0.05) is 29.3 Å². The van der Waals surface area contributed by atoms with Gasteiger partial charge in [-0.3, -0.25) is 4.79 Å². The number of ether oxygens (including phenoxy) is 3. The second-order valence-electron chi connectivity index (χ2n) is 11.1. The van der Waals surface area contributed by atoms with Gasteiger partial charge in [0.2, 0.25) is 0 Å². The van der Waals surface area contributed by atoms with E-state index in [1.54, 1.807) is 0 Å². The first-order valence-electron chi connectivity index (χ1n) is 13.7. The van der Waals surface area contributed by atoms with Crippen molar-refractivity contribution in [2.45, 2.75) is 46.1 Å². The third-order valence-corrected chi connectivity index (χ3v) is 7.25. The van der Waals surface area contributed by atoms with E-state index < -0.39 is 11.9 Å². The number of allylic oxidation sites excluding steroid dienone is 3. The number of benzene rings is 3. The van der Waals surface area contributed by atoms with Crippen molar-refractivity contribution in [3.8, 4) is 11.5 Å². The van der Waals surface area contributed by atoms with E-state index in [4.69, 9.17) is 14.2 Å². The first kappa shape index (κ1) is 27.3. The average molecular weight is 538 g/mol. The van der Waals surface area contributed by atoms with Crippen molar-refractivity contribution in [2.75, 3.05) is 13.2 Å². The van der Waals surface area contributed by atoms with E-state index in [2.05, 4.69) is 19.2 Å². The summed E-state index contributed by atoms with van der Waals surface area (Å²) in [5, 5.41) is 3.38. The first-order valence-corrected chi connectivity index (χ1v) is 13.7. The monoisotopic (exact) mass is 537 g/mol. The Kier molecular flexibility index (Phi) is 8.06. The zero-order chi connectivity index (χ0) is 28.1. The molecule has 1 heterocycles. The van der Waals surface area contributed by atoms with Crippen molar-refractivity contribution in [1.29, 1.82) is 0 Å². The largest absolute Gasteiger partial charge is 0.490 e. The van der Waals surface area contributed by atoms with Gasteiger partial charge >= 0.3 is 5.97 Å². The van der Waals surface area contributed by atoms with Crippen molar-refractivity contribution < 1.29 is 23.8 Å². The molecule has 0 aromatic heterocycles. The van der Waals surface area contributed by atoms with Crippen LogP contribution in [0.25, 0.3) is 0 Å². The minimum atomic E-state index is -0.523. The lowest BCUT2D eigenvalue weighted by atomic mass is 9.68. The Balaban J connectivity index is 1.37. The smallest absolute Gasteiger partial charge is 0.336 e. The number of ketones is 1. The zero-order valence-corrected chi connectivity index (χ0v) is 23.2. The lowest BCUT2D eigenvalue weighted by molar-refractivity contribution is -0.140. The number of hydrogen-bond donors (Lipinski definition) is 1. The SMILES string of the molecule is CC1=C(C(=O)OCCOc2ccccc2)[C@H](c2ccc(OCc3ccccc3)cc2)C2=C(CC(C)(C)CC2=O)N1. The standard InChI is InChI=1S/C34H35NO5/c1-23-30(33(37)39-19-18-38-26-12-8-5-9-13-26)31(32-28(35-23)20-34(2,3)21-29(32)36)25-14-16-27(17-15-25)40-22-24-10-6-4-7-11-24/h4-17,31,35H,18-22H2,1-3H3/t31-/m0/s1. The number of Topliss-reactive ketones (excluding diaryl/α,β-unsaturated/α-hetero) is 1. The van der Waals surface area contributed by atoms with Gasteiger partial charge in [-0.05, 0) is 54.2 Å². The number of hydrogen-bond acceptors (Lipinski definition) is 6. The molecular formula is C34H35NO5. The molecule has 40 heavy (non-hydrogen) atoms. The molecule has 206 valence electrons. The molecule has 1 N–H and O–H groups in total. The second kappa shape index (κ2) is 11.8. The zero-order valence-electron chi connectivity index (χ0n) is 23.2. The molecule has 3 aromatic rings. The van der Waals surface area contributed by atoms with Crippen LogP contribution < -0.4 is 14.8 Å². The van der Waals surface area contributed by atoms with Crippen molar-refractivity contribution in [1.82, 2.24) is 5.32 Å². The Bertz CT molecular complexity index is 1420. The number of carbonyl (C=O) groups excluding carboxylic acids is 2. The Morgan fingerprint density at radius 3 is 2.20 bits per heavy atom. The molecule has 3 aromatic carbocycles. The molecule has 1 aliphatic carbocycles. The van der Waals surface area contributed by atoms with E-state index in [0.29, 0.717) is 35.6 Å². The van der Waals surface area contributed by atoms with Gasteiger partial charge in [0.05, 0.1) is 5.57 Å². The first-order chi connectivity index (χ1) is 19.3. The fraction of sp³-hybridized carbons (Fsp3) is 0.294. The maximum absolute atomic E-state index is 13.5. The van der Waals surface area contributed by atoms with Gasteiger partial charge in [-0.15, -0.1) is 0 Å². The van der Waals surface area contributed by atoms with Crippen LogP contribution >= 0.6 is 0 Å². The molecule has 6 nitrogen and oxygen atoms in total. The summed E-state index contributed by atoms with van der Waals surface area (Å²) in [6, 6.07) is 27.0. The van der Waals surface area contributed by atoms with Crippen LogP contribution in [0.5, 0.6) is 11.5 Å². The number of para-hydroxylation sites is 1. The van der Waals surface area contributed by atoms with Gasteiger partial charge in [-0.2, -0.15) is 0 Å². The van der Waals surface area contributed by atoms with Gasteiger partial charge in [0.15, 0.2) is 5.78 Å². The molecular weight excluding hydrogens is 502 g/mol. The highest BCUT2D eigenvalue weighted by Crippen LogP contribution is 2.47. The third-order valence-electron chi connectivity index (χ3n) is 7.25. The molecule has 0 spiro atoms. The fourth-order valence-electron chi connectivity index (χ4n) is 5.43. The summed E-state index contributed by atoms with van der Waals surface area (Å²) in [5.74, 6) is 0.504. The number of esters is 1. The lowest BCUT2D eigenvalue weighted by Gasteiger charge is -2.39. The summed E-state index contributed by atoms with van der Waals surface area (Å²) in [6.07, 6.45) is 1.15. The van der Waals surface area contributed by atoms with Crippen LogP contribution in [0.2, 0.25) is 0 Å². The van der Waals surface area contributed by atoms with Gasteiger partial charge in [0.25, 0.3) is 0 Å². The molecule has 5 rings (SSSR count). The highest BCUT2D eigenvalue weighted by Gasteiger charge is 2.43. The fourth-order valence-corrected chi connectivity index (χ4v) is 5.43. The number of dihydropyridines is 1. The van der Waals surface area contributed by atoms with Crippen molar-refractivity contribution in [2.24, 2.45) is 5.41 Å². The average Bonchev–Trinajstić information content (AvgIpc) is 2.94. The number of nitrogens with one attached hydrogen (secondary N) is 1. The Morgan fingerprint density at radius 1 is 0.850 bits per heavy atom. The predicted molar refractivity (Wildman–Crippen MR) is 154 cm³/mol. The van der Waals surface area contributed by atoms with Crippen LogP contribution in [0.4, 0.5) is 0 Å². The quantitative estimate of drug-likeness (QED) is 0.248. The van der Waals surface area contributed by atoms with Crippen molar-refractivity contribution in [3.05, 3.63) is 119 Å². The number of carbonyl (C=O) groups is 2. The summed E-state index contributed by atoms with van der Waals surface area (Å²) in [5.41, 5.74) is 4.45. The molecule has 0 fully saturated rings. The third kappa shape index (κ3) is 6.28. The normalized spacial score (nSPS) is 18.1.